The summed E-state index contributed by atoms with van der Waals surface area (Å²) in [5.74, 6) is -0.386. The molecule has 0 bridgehead atoms. The Balaban J connectivity index is 2.34. The van der Waals surface area contributed by atoms with E-state index in [2.05, 4.69) is 21.2 Å². The number of fused-ring (bicyclic) bond motifs is 1. The minimum Gasteiger partial charge on any atom is -0.397 e. The van der Waals surface area contributed by atoms with Crippen LogP contribution in [0.2, 0.25) is 0 Å². The maximum atomic E-state index is 12.0. The number of aliphatic hydroxyl groups is 2. The maximum absolute atomic E-state index is 12.0. The van der Waals surface area contributed by atoms with Gasteiger partial charge in [-0.2, -0.15) is 0 Å². The van der Waals surface area contributed by atoms with Gasteiger partial charge in [-0.1, -0.05) is 22.0 Å². The first-order valence-corrected chi connectivity index (χ1v) is 7.18. The number of hydrogen-bond donors (Lipinski definition) is 4. The second-order valence-electron chi connectivity index (χ2n) is 4.02. The summed E-state index contributed by atoms with van der Waals surface area (Å²) < 4.78 is 1.82. The molecule has 1 aromatic heterocycles. The number of amides is 1. The van der Waals surface area contributed by atoms with E-state index >= 15 is 0 Å². The molecule has 0 unspecified atom stereocenters. The SMILES string of the molecule is Nc1c(C(=O)NC(CO)CO)sc2cc(Br)ccc12. The molecule has 0 radical (unpaired) electrons. The summed E-state index contributed by atoms with van der Waals surface area (Å²) >= 11 is 4.64. The van der Waals surface area contributed by atoms with Crippen LogP contribution in [0.5, 0.6) is 0 Å². The predicted molar refractivity (Wildman–Crippen MR) is 79.4 cm³/mol. The van der Waals surface area contributed by atoms with E-state index in [0.29, 0.717) is 10.6 Å². The van der Waals surface area contributed by atoms with Gasteiger partial charge >= 0.3 is 0 Å². The highest BCUT2D eigenvalue weighted by Crippen LogP contribution is 2.35. The van der Waals surface area contributed by atoms with Crippen molar-refractivity contribution in [3.05, 3.63) is 27.5 Å². The average molecular weight is 345 g/mol. The molecule has 1 amide bonds. The molecule has 1 aromatic carbocycles. The van der Waals surface area contributed by atoms with Crippen LogP contribution in [0.3, 0.4) is 0 Å². The number of carbonyl (C=O) groups is 1. The van der Waals surface area contributed by atoms with Crippen molar-refractivity contribution in [1.82, 2.24) is 5.32 Å². The van der Waals surface area contributed by atoms with E-state index in [4.69, 9.17) is 15.9 Å². The van der Waals surface area contributed by atoms with E-state index in [-0.39, 0.29) is 19.1 Å². The summed E-state index contributed by atoms with van der Waals surface area (Å²) in [5.41, 5.74) is 6.37. The molecule has 19 heavy (non-hydrogen) atoms. The van der Waals surface area contributed by atoms with Crippen LogP contribution in [0.4, 0.5) is 5.69 Å². The smallest absolute Gasteiger partial charge is 0.263 e. The van der Waals surface area contributed by atoms with Crippen molar-refractivity contribution in [2.45, 2.75) is 6.04 Å². The van der Waals surface area contributed by atoms with Gasteiger partial charge < -0.3 is 21.3 Å². The van der Waals surface area contributed by atoms with Gasteiger partial charge in [0.2, 0.25) is 0 Å². The Morgan fingerprint density at radius 3 is 2.74 bits per heavy atom. The van der Waals surface area contributed by atoms with E-state index in [9.17, 15) is 4.79 Å². The number of hydrogen-bond acceptors (Lipinski definition) is 5. The highest BCUT2D eigenvalue weighted by atomic mass is 79.9. The zero-order chi connectivity index (χ0) is 14.0. The number of anilines is 1. The molecule has 7 heteroatoms. The average Bonchev–Trinajstić information content (AvgIpc) is 2.72. The summed E-state index contributed by atoms with van der Waals surface area (Å²) in [7, 11) is 0. The molecule has 0 fully saturated rings. The number of thiophene rings is 1. The van der Waals surface area contributed by atoms with Crippen molar-refractivity contribution in [2.24, 2.45) is 0 Å². The largest absolute Gasteiger partial charge is 0.397 e. The number of halogens is 1. The normalized spacial score (nSPS) is 11.2. The number of nitrogen functional groups attached to an aromatic ring is 1. The van der Waals surface area contributed by atoms with E-state index in [0.717, 1.165) is 14.6 Å². The monoisotopic (exact) mass is 344 g/mol. The van der Waals surface area contributed by atoms with Gasteiger partial charge in [0.15, 0.2) is 0 Å². The second kappa shape index (κ2) is 5.87. The van der Waals surface area contributed by atoms with Gasteiger partial charge in [-0.3, -0.25) is 4.79 Å². The van der Waals surface area contributed by atoms with Crippen LogP contribution in [-0.4, -0.2) is 35.4 Å². The van der Waals surface area contributed by atoms with Crippen LogP contribution in [-0.2, 0) is 0 Å². The number of carbonyl (C=O) groups excluding carboxylic acids is 1. The third kappa shape index (κ3) is 2.89. The zero-order valence-corrected chi connectivity index (χ0v) is 12.3. The zero-order valence-electron chi connectivity index (χ0n) is 9.89. The molecule has 0 saturated carbocycles. The molecule has 0 aliphatic rings. The van der Waals surface area contributed by atoms with Crippen molar-refractivity contribution in [3.63, 3.8) is 0 Å². The van der Waals surface area contributed by atoms with Crippen molar-refractivity contribution in [1.29, 1.82) is 0 Å². The van der Waals surface area contributed by atoms with Crippen LogP contribution >= 0.6 is 27.3 Å². The molecule has 0 aliphatic heterocycles. The van der Waals surface area contributed by atoms with E-state index in [1.165, 1.54) is 11.3 Å². The fourth-order valence-corrected chi connectivity index (χ4v) is 3.24. The lowest BCUT2D eigenvalue weighted by molar-refractivity contribution is 0.0884. The Bertz CT molecular complexity index is 610. The first-order valence-electron chi connectivity index (χ1n) is 5.57. The lowest BCUT2D eigenvalue weighted by atomic mass is 10.2. The lowest BCUT2D eigenvalue weighted by Crippen LogP contribution is -2.39. The highest BCUT2D eigenvalue weighted by molar-refractivity contribution is 9.10. The molecule has 1 heterocycles. The van der Waals surface area contributed by atoms with Gasteiger partial charge in [0, 0.05) is 14.6 Å². The summed E-state index contributed by atoms with van der Waals surface area (Å²) in [6.07, 6.45) is 0. The summed E-state index contributed by atoms with van der Waals surface area (Å²) in [6, 6.07) is 4.92. The van der Waals surface area contributed by atoms with E-state index in [1.54, 1.807) is 0 Å². The fourth-order valence-electron chi connectivity index (χ4n) is 1.66. The Labute approximate surface area is 122 Å². The topological polar surface area (TPSA) is 95.6 Å². The van der Waals surface area contributed by atoms with Gasteiger partial charge in [-0.25, -0.2) is 0 Å². The minimum atomic E-state index is -0.677. The van der Waals surface area contributed by atoms with Gasteiger partial charge in [0.1, 0.15) is 4.88 Å². The fraction of sp³-hybridized carbons (Fsp3) is 0.250. The van der Waals surface area contributed by atoms with Crippen LogP contribution < -0.4 is 11.1 Å². The van der Waals surface area contributed by atoms with E-state index < -0.39 is 6.04 Å². The van der Waals surface area contributed by atoms with Crippen molar-refractivity contribution in [3.8, 4) is 0 Å². The third-order valence-corrected chi connectivity index (χ3v) is 4.33. The van der Waals surface area contributed by atoms with Crippen LogP contribution in [0, 0.1) is 0 Å². The lowest BCUT2D eigenvalue weighted by Gasteiger charge is -2.12. The van der Waals surface area contributed by atoms with E-state index in [1.807, 2.05) is 18.2 Å². The molecule has 5 nitrogen and oxygen atoms in total. The van der Waals surface area contributed by atoms with Crippen LogP contribution in [0.1, 0.15) is 9.67 Å². The Hall–Kier alpha value is -1.15. The first-order chi connectivity index (χ1) is 9.06. The molecule has 0 aliphatic carbocycles. The van der Waals surface area contributed by atoms with Crippen molar-refractivity contribution in [2.75, 3.05) is 18.9 Å². The van der Waals surface area contributed by atoms with Crippen LogP contribution in [0.25, 0.3) is 10.1 Å². The molecular formula is C12H13BrN2O3S. The summed E-state index contributed by atoms with van der Waals surface area (Å²) in [4.78, 5) is 12.4. The molecule has 2 rings (SSSR count). The molecule has 0 atom stereocenters. The van der Waals surface area contributed by atoms with Crippen LogP contribution in [0.15, 0.2) is 22.7 Å². The van der Waals surface area contributed by atoms with Gasteiger partial charge in [-0.05, 0) is 12.1 Å². The highest BCUT2D eigenvalue weighted by Gasteiger charge is 2.19. The number of nitrogens with one attached hydrogen (secondary N) is 1. The maximum Gasteiger partial charge on any atom is 0.263 e. The Morgan fingerprint density at radius 2 is 2.11 bits per heavy atom. The first kappa shape index (κ1) is 14.3. The molecule has 0 saturated heterocycles. The molecular weight excluding hydrogens is 332 g/mol. The Kier molecular flexibility index (Phi) is 4.41. The number of rotatable bonds is 4. The van der Waals surface area contributed by atoms with Gasteiger partial charge in [0.25, 0.3) is 5.91 Å². The predicted octanol–water partition coefficient (Wildman–Crippen LogP) is 1.33. The summed E-state index contributed by atoms with van der Waals surface area (Å²) in [6.45, 7) is -0.642. The number of nitrogens with two attached hydrogens (primary N) is 1. The Morgan fingerprint density at radius 1 is 1.42 bits per heavy atom. The molecule has 0 spiro atoms. The molecule has 102 valence electrons. The number of benzene rings is 1. The third-order valence-electron chi connectivity index (χ3n) is 2.67. The number of aliphatic hydroxyl groups excluding tert-OH is 2. The second-order valence-corrected chi connectivity index (χ2v) is 5.99. The van der Waals surface area contributed by atoms with Gasteiger partial charge in [0.05, 0.1) is 24.9 Å². The van der Waals surface area contributed by atoms with Gasteiger partial charge in [-0.15, -0.1) is 11.3 Å². The van der Waals surface area contributed by atoms with Crippen molar-refractivity contribution >= 4 is 48.9 Å². The minimum absolute atomic E-state index is 0.321. The molecule has 5 N–H and O–H groups in total. The standard InChI is InChI=1S/C12H13BrN2O3S/c13-6-1-2-8-9(3-6)19-11(10(8)14)12(18)15-7(4-16)5-17/h1-3,7,16-17H,4-5,14H2,(H,15,18). The van der Waals surface area contributed by atoms with Crippen molar-refractivity contribution < 1.29 is 15.0 Å². The summed E-state index contributed by atoms with van der Waals surface area (Å²) in [5, 5.41) is 21.3. The molecule has 2 aromatic rings. The quantitative estimate of drug-likeness (QED) is 0.672.